The van der Waals surface area contributed by atoms with Gasteiger partial charge in [-0.25, -0.2) is 9.69 Å². The average Bonchev–Trinajstić information content (AvgIpc) is 2.28. The van der Waals surface area contributed by atoms with E-state index in [9.17, 15) is 14.4 Å². The van der Waals surface area contributed by atoms with Gasteiger partial charge in [-0.3, -0.25) is 9.59 Å². The number of carboxylic acids is 1. The second-order valence-corrected chi connectivity index (χ2v) is 3.70. The van der Waals surface area contributed by atoms with E-state index in [1.807, 2.05) is 0 Å². The van der Waals surface area contributed by atoms with Crippen molar-refractivity contribution in [2.24, 2.45) is 0 Å². The molecule has 2 rings (SSSR count). The van der Waals surface area contributed by atoms with Crippen LogP contribution in [0.25, 0.3) is 0 Å². The van der Waals surface area contributed by atoms with E-state index >= 15 is 0 Å². The van der Waals surface area contributed by atoms with Crippen LogP contribution < -0.4 is 10.6 Å². The van der Waals surface area contributed by atoms with Crippen LogP contribution in [-0.2, 0) is 14.3 Å². The van der Waals surface area contributed by atoms with Crippen molar-refractivity contribution in [3.05, 3.63) is 23.8 Å². The number of anilines is 2. The molecular formula is C11H10N2O5. The van der Waals surface area contributed by atoms with Gasteiger partial charge in [0.15, 0.2) is 0 Å². The first-order valence-electron chi connectivity index (χ1n) is 5.07. The van der Waals surface area contributed by atoms with Crippen molar-refractivity contribution in [3.63, 3.8) is 0 Å². The number of carboxylic acid groups (broad SMARTS) is 1. The van der Waals surface area contributed by atoms with Gasteiger partial charge in [0.05, 0.1) is 11.3 Å². The smallest absolute Gasteiger partial charge is 0.337 e. The summed E-state index contributed by atoms with van der Waals surface area (Å²) in [6, 6.07) is 3.93. The summed E-state index contributed by atoms with van der Waals surface area (Å²) in [5.41, 5.74) is 5.63. The molecule has 2 amide bonds. The third-order valence-corrected chi connectivity index (χ3v) is 2.44. The van der Waals surface area contributed by atoms with Crippen molar-refractivity contribution in [2.45, 2.75) is 0 Å². The molecule has 3 N–H and O–H groups in total. The molecule has 0 bridgehead atoms. The van der Waals surface area contributed by atoms with Crippen molar-refractivity contribution in [2.75, 3.05) is 23.8 Å². The molecule has 1 fully saturated rings. The van der Waals surface area contributed by atoms with Crippen LogP contribution in [0.4, 0.5) is 11.4 Å². The number of amides is 2. The van der Waals surface area contributed by atoms with E-state index in [1.165, 1.54) is 18.2 Å². The van der Waals surface area contributed by atoms with Crippen molar-refractivity contribution >= 4 is 29.2 Å². The molecule has 0 aromatic heterocycles. The van der Waals surface area contributed by atoms with Crippen molar-refractivity contribution in [1.82, 2.24) is 0 Å². The molecule has 94 valence electrons. The maximum Gasteiger partial charge on any atom is 0.337 e. The van der Waals surface area contributed by atoms with Gasteiger partial charge in [-0.1, -0.05) is 0 Å². The van der Waals surface area contributed by atoms with Crippen molar-refractivity contribution in [3.8, 4) is 0 Å². The number of rotatable bonds is 2. The lowest BCUT2D eigenvalue weighted by atomic mass is 10.1. The quantitative estimate of drug-likeness (QED) is 0.558. The minimum absolute atomic E-state index is 0.0270. The van der Waals surface area contributed by atoms with Gasteiger partial charge in [-0.2, -0.15) is 0 Å². The number of ether oxygens (including phenoxy) is 1. The molecule has 1 heterocycles. The molecule has 1 aliphatic heterocycles. The molecule has 0 saturated carbocycles. The Kier molecular flexibility index (Phi) is 2.99. The maximum atomic E-state index is 11.6. The lowest BCUT2D eigenvalue weighted by Crippen LogP contribution is -2.47. The van der Waals surface area contributed by atoms with Gasteiger partial charge in [0.1, 0.15) is 13.2 Å². The number of nitrogens with two attached hydrogens (primary N) is 1. The minimum atomic E-state index is -1.24. The predicted molar refractivity (Wildman–Crippen MR) is 61.1 cm³/mol. The predicted octanol–water partition coefficient (Wildman–Crippen LogP) is -0.143. The molecule has 0 spiro atoms. The Hall–Kier alpha value is -2.41. The van der Waals surface area contributed by atoms with Crippen molar-refractivity contribution in [1.29, 1.82) is 0 Å². The third kappa shape index (κ3) is 2.03. The molecular weight excluding hydrogens is 240 g/mol. The van der Waals surface area contributed by atoms with Crippen LogP contribution >= 0.6 is 0 Å². The zero-order valence-corrected chi connectivity index (χ0v) is 9.25. The number of benzene rings is 1. The third-order valence-electron chi connectivity index (χ3n) is 2.44. The first-order valence-corrected chi connectivity index (χ1v) is 5.07. The largest absolute Gasteiger partial charge is 0.478 e. The molecule has 1 aliphatic rings. The number of nitrogens with zero attached hydrogens (tertiary/aromatic N) is 1. The van der Waals surface area contributed by atoms with E-state index in [-0.39, 0.29) is 30.2 Å². The molecule has 0 aliphatic carbocycles. The summed E-state index contributed by atoms with van der Waals surface area (Å²) in [5, 5.41) is 9.04. The Balaban J connectivity index is 2.54. The molecule has 0 atom stereocenters. The van der Waals surface area contributed by atoms with Gasteiger partial charge in [0.2, 0.25) is 0 Å². The van der Waals surface area contributed by atoms with E-state index in [1.54, 1.807) is 0 Å². The monoisotopic (exact) mass is 250 g/mol. The molecule has 0 radical (unpaired) electrons. The Labute approximate surface area is 102 Å². The molecule has 7 heteroatoms. The zero-order chi connectivity index (χ0) is 13.3. The number of morpholine rings is 1. The highest BCUT2D eigenvalue weighted by Gasteiger charge is 2.31. The van der Waals surface area contributed by atoms with E-state index in [0.29, 0.717) is 0 Å². The summed E-state index contributed by atoms with van der Waals surface area (Å²) >= 11 is 0. The summed E-state index contributed by atoms with van der Waals surface area (Å²) in [4.78, 5) is 35.1. The van der Waals surface area contributed by atoms with Crippen LogP contribution in [-0.4, -0.2) is 36.1 Å². The summed E-state index contributed by atoms with van der Waals surface area (Å²) in [5.74, 6) is -2.46. The highest BCUT2D eigenvalue weighted by atomic mass is 16.5. The Bertz CT molecular complexity index is 524. The van der Waals surface area contributed by atoms with Gasteiger partial charge in [0, 0.05) is 5.69 Å². The SMILES string of the molecule is Nc1ccc(C(=O)O)c(N2C(=O)COCC2=O)c1. The lowest BCUT2D eigenvalue weighted by molar-refractivity contribution is -0.138. The number of carbonyl (C=O) groups excluding carboxylic acids is 2. The normalized spacial score (nSPS) is 15.9. The molecule has 0 unspecified atom stereocenters. The van der Waals surface area contributed by atoms with Gasteiger partial charge in [0.25, 0.3) is 11.8 Å². The van der Waals surface area contributed by atoms with Crippen LogP contribution in [0.2, 0.25) is 0 Å². The van der Waals surface area contributed by atoms with E-state index in [4.69, 9.17) is 15.6 Å². The van der Waals surface area contributed by atoms with Crippen LogP contribution in [0, 0.1) is 0 Å². The first kappa shape index (κ1) is 12.1. The van der Waals surface area contributed by atoms with E-state index in [0.717, 1.165) is 4.90 Å². The fourth-order valence-corrected chi connectivity index (χ4v) is 1.68. The van der Waals surface area contributed by atoms with Gasteiger partial charge >= 0.3 is 5.97 Å². The maximum absolute atomic E-state index is 11.6. The number of nitrogen functional groups attached to an aromatic ring is 1. The number of carbonyl (C=O) groups is 3. The highest BCUT2D eigenvalue weighted by molar-refractivity contribution is 6.19. The first-order chi connectivity index (χ1) is 8.50. The number of hydrogen-bond acceptors (Lipinski definition) is 5. The Morgan fingerprint density at radius 1 is 1.28 bits per heavy atom. The van der Waals surface area contributed by atoms with E-state index < -0.39 is 17.8 Å². The summed E-state index contributed by atoms with van der Waals surface area (Å²) in [6.45, 7) is -0.529. The average molecular weight is 250 g/mol. The zero-order valence-electron chi connectivity index (χ0n) is 9.25. The minimum Gasteiger partial charge on any atom is -0.478 e. The fraction of sp³-hybridized carbons (Fsp3) is 0.182. The lowest BCUT2D eigenvalue weighted by Gasteiger charge is -2.26. The standard InChI is InChI=1S/C11H10N2O5/c12-6-1-2-7(11(16)17)8(3-6)13-9(14)4-18-5-10(13)15/h1-3H,4-5,12H2,(H,16,17). The molecule has 1 aromatic carbocycles. The van der Waals surface area contributed by atoms with Gasteiger partial charge in [-0.05, 0) is 18.2 Å². The summed E-state index contributed by atoms with van der Waals surface area (Å²) in [6.07, 6.45) is 0. The van der Waals surface area contributed by atoms with E-state index in [2.05, 4.69) is 0 Å². The second-order valence-electron chi connectivity index (χ2n) is 3.70. The molecule has 1 aromatic rings. The van der Waals surface area contributed by atoms with Crippen LogP contribution in [0.3, 0.4) is 0 Å². The summed E-state index contributed by atoms with van der Waals surface area (Å²) < 4.78 is 4.76. The van der Waals surface area contributed by atoms with Crippen LogP contribution in [0.5, 0.6) is 0 Å². The fourth-order valence-electron chi connectivity index (χ4n) is 1.68. The van der Waals surface area contributed by atoms with Crippen molar-refractivity contribution < 1.29 is 24.2 Å². The van der Waals surface area contributed by atoms with Gasteiger partial charge in [-0.15, -0.1) is 0 Å². The number of aromatic carboxylic acids is 1. The summed E-state index contributed by atoms with van der Waals surface area (Å²) in [7, 11) is 0. The molecule has 7 nitrogen and oxygen atoms in total. The Morgan fingerprint density at radius 3 is 2.44 bits per heavy atom. The molecule has 1 saturated heterocycles. The molecule has 18 heavy (non-hydrogen) atoms. The second kappa shape index (κ2) is 4.46. The Morgan fingerprint density at radius 2 is 1.89 bits per heavy atom. The van der Waals surface area contributed by atoms with Gasteiger partial charge < -0.3 is 15.6 Å². The highest BCUT2D eigenvalue weighted by Crippen LogP contribution is 2.25. The van der Waals surface area contributed by atoms with Crippen LogP contribution in [0.15, 0.2) is 18.2 Å². The van der Waals surface area contributed by atoms with Crippen LogP contribution in [0.1, 0.15) is 10.4 Å². The topological polar surface area (TPSA) is 110 Å². The number of imide groups is 1. The number of hydrogen-bond donors (Lipinski definition) is 2.